The minimum atomic E-state index is -0.462. The van der Waals surface area contributed by atoms with Crippen molar-refractivity contribution >= 4 is 29.3 Å². The molecule has 1 aromatic carbocycles. The van der Waals surface area contributed by atoms with Crippen LogP contribution in [0.4, 0.5) is 22.1 Å². The van der Waals surface area contributed by atoms with Crippen molar-refractivity contribution in [1.82, 2.24) is 24.8 Å². The molecule has 0 aliphatic carbocycles. The molecule has 12 nitrogen and oxygen atoms in total. The lowest BCUT2D eigenvalue weighted by molar-refractivity contribution is 0.0827. The maximum Gasteiger partial charge on any atom is 0.414 e. The second kappa shape index (κ2) is 11.7. The summed E-state index contributed by atoms with van der Waals surface area (Å²) in [5.74, 6) is 0.901. The lowest BCUT2D eigenvalue weighted by Gasteiger charge is -2.28. The molecule has 1 N–H and O–H groups in total. The normalized spacial score (nSPS) is 12.4. The topological polar surface area (TPSA) is 122 Å². The second-order valence-electron chi connectivity index (χ2n) is 8.98. The van der Waals surface area contributed by atoms with Crippen molar-refractivity contribution in [1.29, 1.82) is 0 Å². The monoisotopic (exact) mass is 521 g/mol. The summed E-state index contributed by atoms with van der Waals surface area (Å²) >= 11 is 0. The number of carbonyl (C=O) groups is 2. The number of rotatable bonds is 8. The number of carbonyl (C=O) groups excluding carboxylic acids is 2. The zero-order valence-corrected chi connectivity index (χ0v) is 22.1. The SMILES string of the molecule is COc1nc(Nc2cnc3c(c2)N(C(=O)OCCN(C)C)CCO3)ncc1-c1ccc(C(=O)N(C)C)cc1. The molecule has 2 aromatic heterocycles. The Labute approximate surface area is 221 Å². The molecule has 3 aromatic rings. The molecular formula is C26H31N7O5. The zero-order chi connectivity index (χ0) is 27.2. The van der Waals surface area contributed by atoms with Crippen molar-refractivity contribution in [2.45, 2.75) is 0 Å². The number of nitrogens with zero attached hydrogens (tertiary/aromatic N) is 6. The first-order valence-electron chi connectivity index (χ1n) is 12.0. The average molecular weight is 522 g/mol. The number of ether oxygens (including phenoxy) is 3. The summed E-state index contributed by atoms with van der Waals surface area (Å²) in [6, 6.07) is 8.89. The summed E-state index contributed by atoms with van der Waals surface area (Å²) in [5.41, 5.74) is 3.11. The highest BCUT2D eigenvalue weighted by molar-refractivity contribution is 5.94. The van der Waals surface area contributed by atoms with E-state index in [0.29, 0.717) is 54.0 Å². The Hall–Kier alpha value is -4.45. The van der Waals surface area contributed by atoms with Gasteiger partial charge in [-0.1, -0.05) is 12.1 Å². The van der Waals surface area contributed by atoms with E-state index in [2.05, 4.69) is 20.3 Å². The molecule has 200 valence electrons. The van der Waals surface area contributed by atoms with E-state index in [4.69, 9.17) is 14.2 Å². The zero-order valence-electron chi connectivity index (χ0n) is 22.1. The van der Waals surface area contributed by atoms with Gasteiger partial charge in [0, 0.05) is 32.4 Å². The molecule has 0 unspecified atom stereocenters. The van der Waals surface area contributed by atoms with E-state index in [1.54, 1.807) is 44.7 Å². The van der Waals surface area contributed by atoms with E-state index in [0.717, 1.165) is 5.56 Å². The Bertz CT molecular complexity index is 1300. The van der Waals surface area contributed by atoms with Gasteiger partial charge >= 0.3 is 6.09 Å². The number of methoxy groups -OCH3 is 1. The molecule has 0 fully saturated rings. The summed E-state index contributed by atoms with van der Waals surface area (Å²) in [7, 11) is 8.76. The van der Waals surface area contributed by atoms with Crippen molar-refractivity contribution in [2.24, 2.45) is 0 Å². The smallest absolute Gasteiger partial charge is 0.414 e. The van der Waals surface area contributed by atoms with Gasteiger partial charge in [0.25, 0.3) is 5.91 Å². The first kappa shape index (κ1) is 26.6. The van der Waals surface area contributed by atoms with Gasteiger partial charge in [-0.05, 0) is 37.9 Å². The lowest BCUT2D eigenvalue weighted by Crippen LogP contribution is -2.39. The van der Waals surface area contributed by atoms with Gasteiger partial charge < -0.3 is 29.3 Å². The minimum absolute atomic E-state index is 0.0798. The fourth-order valence-corrected chi connectivity index (χ4v) is 3.71. The number of benzene rings is 1. The maximum absolute atomic E-state index is 12.7. The van der Waals surface area contributed by atoms with Crippen LogP contribution in [0, 0.1) is 0 Å². The molecule has 1 aliphatic rings. The van der Waals surface area contributed by atoms with Crippen LogP contribution in [0.25, 0.3) is 11.1 Å². The fraction of sp³-hybridized carbons (Fsp3) is 0.346. The standard InChI is InChI=1S/C26H31N7O5/c1-31(2)10-12-38-26(35)33-11-13-37-23-21(33)14-19(15-27-23)29-25-28-16-20(22(30-25)36-5)17-6-8-18(9-7-17)24(34)32(3)4/h6-9,14-16H,10-13H2,1-5H3,(H,28,29,30). The highest BCUT2D eigenvalue weighted by Gasteiger charge is 2.26. The number of hydrogen-bond acceptors (Lipinski definition) is 10. The summed E-state index contributed by atoms with van der Waals surface area (Å²) in [6.07, 6.45) is 2.75. The van der Waals surface area contributed by atoms with Crippen LogP contribution in [0.1, 0.15) is 10.4 Å². The Balaban J connectivity index is 1.52. The summed E-state index contributed by atoms with van der Waals surface area (Å²) in [6.45, 7) is 1.56. The van der Waals surface area contributed by atoms with Gasteiger partial charge in [0.2, 0.25) is 17.7 Å². The third kappa shape index (κ3) is 6.09. The molecule has 0 saturated carbocycles. The van der Waals surface area contributed by atoms with Crippen LogP contribution >= 0.6 is 0 Å². The van der Waals surface area contributed by atoms with E-state index >= 15 is 0 Å². The molecule has 1 aliphatic heterocycles. The number of likely N-dealkylation sites (N-methyl/N-ethyl adjacent to an activating group) is 1. The number of nitrogens with one attached hydrogen (secondary N) is 1. The largest absolute Gasteiger partial charge is 0.480 e. The molecule has 3 heterocycles. The van der Waals surface area contributed by atoms with Crippen LogP contribution in [-0.4, -0.2) is 98.4 Å². The number of amides is 2. The number of hydrogen-bond donors (Lipinski definition) is 1. The van der Waals surface area contributed by atoms with Crippen LogP contribution < -0.4 is 19.7 Å². The summed E-state index contributed by atoms with van der Waals surface area (Å²) in [4.78, 5) is 43.1. The molecule has 0 radical (unpaired) electrons. The molecule has 0 bridgehead atoms. The Kier molecular flexibility index (Phi) is 8.22. The number of aromatic nitrogens is 3. The van der Waals surface area contributed by atoms with Crippen LogP contribution in [0.15, 0.2) is 42.7 Å². The first-order valence-corrected chi connectivity index (χ1v) is 12.0. The molecule has 4 rings (SSSR count). The third-order valence-electron chi connectivity index (χ3n) is 5.71. The molecule has 0 spiro atoms. The third-order valence-corrected chi connectivity index (χ3v) is 5.71. The van der Waals surface area contributed by atoms with E-state index < -0.39 is 6.09 Å². The lowest BCUT2D eigenvalue weighted by atomic mass is 10.1. The molecular weight excluding hydrogens is 490 g/mol. The second-order valence-corrected chi connectivity index (χ2v) is 8.98. The van der Waals surface area contributed by atoms with E-state index in [-0.39, 0.29) is 18.5 Å². The van der Waals surface area contributed by atoms with Crippen molar-refractivity contribution in [2.75, 3.05) is 71.8 Å². The number of fused-ring (bicyclic) bond motifs is 1. The van der Waals surface area contributed by atoms with E-state index in [1.165, 1.54) is 16.9 Å². The Morgan fingerprint density at radius 3 is 2.55 bits per heavy atom. The van der Waals surface area contributed by atoms with Crippen LogP contribution in [0.2, 0.25) is 0 Å². The predicted molar refractivity (Wildman–Crippen MR) is 142 cm³/mol. The van der Waals surface area contributed by atoms with Gasteiger partial charge in [0.15, 0.2) is 0 Å². The van der Waals surface area contributed by atoms with Crippen molar-refractivity contribution < 1.29 is 23.8 Å². The highest BCUT2D eigenvalue weighted by atomic mass is 16.6. The summed E-state index contributed by atoms with van der Waals surface area (Å²) in [5, 5.41) is 3.11. The molecule has 2 amide bonds. The van der Waals surface area contributed by atoms with Gasteiger partial charge in [-0.15, -0.1) is 0 Å². The van der Waals surface area contributed by atoms with Crippen LogP contribution in [0.3, 0.4) is 0 Å². The molecule has 0 saturated heterocycles. The number of pyridine rings is 1. The van der Waals surface area contributed by atoms with E-state index in [1.807, 2.05) is 31.1 Å². The van der Waals surface area contributed by atoms with E-state index in [9.17, 15) is 9.59 Å². The van der Waals surface area contributed by atoms with Crippen molar-refractivity contribution in [3.8, 4) is 22.9 Å². The van der Waals surface area contributed by atoms with Crippen molar-refractivity contribution in [3.63, 3.8) is 0 Å². The molecule has 12 heteroatoms. The van der Waals surface area contributed by atoms with Gasteiger partial charge in [-0.3, -0.25) is 9.69 Å². The Morgan fingerprint density at radius 1 is 1.11 bits per heavy atom. The van der Waals surface area contributed by atoms with Gasteiger partial charge in [-0.25, -0.2) is 14.8 Å². The van der Waals surface area contributed by atoms with Gasteiger partial charge in [0.1, 0.15) is 18.9 Å². The summed E-state index contributed by atoms with van der Waals surface area (Å²) < 4.78 is 16.5. The Morgan fingerprint density at radius 2 is 1.87 bits per heavy atom. The quantitative estimate of drug-likeness (QED) is 0.473. The fourth-order valence-electron chi connectivity index (χ4n) is 3.71. The van der Waals surface area contributed by atoms with Gasteiger partial charge in [-0.2, -0.15) is 4.98 Å². The molecule has 0 atom stereocenters. The first-order chi connectivity index (χ1) is 18.3. The minimum Gasteiger partial charge on any atom is -0.480 e. The average Bonchev–Trinajstić information content (AvgIpc) is 2.92. The van der Waals surface area contributed by atoms with Crippen molar-refractivity contribution in [3.05, 3.63) is 48.3 Å². The highest BCUT2D eigenvalue weighted by Crippen LogP contribution is 2.34. The molecule has 38 heavy (non-hydrogen) atoms. The van der Waals surface area contributed by atoms with Crippen LogP contribution in [0.5, 0.6) is 11.8 Å². The van der Waals surface area contributed by atoms with Gasteiger partial charge in [0.05, 0.1) is 31.1 Å². The number of anilines is 3. The predicted octanol–water partition coefficient (Wildman–Crippen LogP) is 2.89. The van der Waals surface area contributed by atoms with Crippen LogP contribution in [-0.2, 0) is 4.74 Å². The maximum atomic E-state index is 12.7.